The van der Waals surface area contributed by atoms with E-state index in [9.17, 15) is 4.79 Å². The van der Waals surface area contributed by atoms with E-state index in [0.717, 1.165) is 24.2 Å². The minimum absolute atomic E-state index is 0.117. The summed E-state index contributed by atoms with van der Waals surface area (Å²) in [6, 6.07) is 14.0. The van der Waals surface area contributed by atoms with Gasteiger partial charge >= 0.3 is 0 Å². The fourth-order valence-electron chi connectivity index (χ4n) is 2.84. The highest BCUT2D eigenvalue weighted by molar-refractivity contribution is 5.94. The summed E-state index contributed by atoms with van der Waals surface area (Å²) in [5.41, 5.74) is 4.99. The second-order valence-electron chi connectivity index (χ2n) is 6.63. The molecule has 0 aliphatic carbocycles. The van der Waals surface area contributed by atoms with E-state index in [1.165, 1.54) is 11.1 Å². The second-order valence-corrected chi connectivity index (χ2v) is 6.63. The van der Waals surface area contributed by atoms with Gasteiger partial charge in [-0.05, 0) is 42.7 Å². The first-order valence-corrected chi connectivity index (χ1v) is 9.00. The maximum atomic E-state index is 12.5. The van der Waals surface area contributed by atoms with Gasteiger partial charge in [-0.25, -0.2) is 0 Å². The number of aryl methyl sites for hydroxylation is 1. The Hall–Kier alpha value is -3.21. The third kappa shape index (κ3) is 5.38. The number of pyridine rings is 2. The molecule has 5 nitrogen and oxygen atoms in total. The smallest absolute Gasteiger partial charge is 0.253 e. The van der Waals surface area contributed by atoms with Gasteiger partial charge in [0.2, 0.25) is 0 Å². The van der Waals surface area contributed by atoms with E-state index in [1.54, 1.807) is 24.8 Å². The molecular weight excluding hydrogens is 336 g/mol. The van der Waals surface area contributed by atoms with Crippen molar-refractivity contribution < 1.29 is 4.79 Å². The van der Waals surface area contributed by atoms with Gasteiger partial charge in [-0.3, -0.25) is 14.8 Å². The summed E-state index contributed by atoms with van der Waals surface area (Å²) in [7, 11) is 2.01. The van der Waals surface area contributed by atoms with Crippen molar-refractivity contribution in [1.29, 1.82) is 0 Å². The summed E-state index contributed by atoms with van der Waals surface area (Å²) >= 11 is 0. The number of hydrogen-bond donors (Lipinski definition) is 1. The number of likely N-dealkylation sites (N-methyl/N-ethyl adjacent to an activating group) is 1. The van der Waals surface area contributed by atoms with Gasteiger partial charge in [-0.1, -0.05) is 29.8 Å². The Morgan fingerprint density at radius 3 is 2.63 bits per heavy atom. The Morgan fingerprint density at radius 1 is 1.04 bits per heavy atom. The van der Waals surface area contributed by atoms with Gasteiger partial charge in [0.25, 0.3) is 5.91 Å². The molecule has 1 N–H and O–H groups in total. The van der Waals surface area contributed by atoms with Crippen molar-refractivity contribution in [2.45, 2.75) is 19.9 Å². The van der Waals surface area contributed by atoms with Crippen molar-refractivity contribution in [3.63, 3.8) is 0 Å². The Morgan fingerprint density at radius 2 is 1.85 bits per heavy atom. The zero-order valence-electron chi connectivity index (χ0n) is 15.7. The van der Waals surface area contributed by atoms with Crippen LogP contribution in [-0.4, -0.2) is 29.5 Å². The van der Waals surface area contributed by atoms with E-state index < -0.39 is 0 Å². The molecule has 1 aromatic carbocycles. The fourth-order valence-corrected chi connectivity index (χ4v) is 2.84. The highest BCUT2D eigenvalue weighted by Crippen LogP contribution is 2.14. The molecule has 0 radical (unpaired) electrons. The van der Waals surface area contributed by atoms with Gasteiger partial charge in [0.05, 0.1) is 17.4 Å². The molecule has 3 aromatic rings. The molecular formula is C22H24N4O. The van der Waals surface area contributed by atoms with E-state index in [4.69, 9.17) is 0 Å². The van der Waals surface area contributed by atoms with Crippen molar-refractivity contribution in [3.05, 3.63) is 89.5 Å². The average Bonchev–Trinajstić information content (AvgIpc) is 2.71. The molecule has 27 heavy (non-hydrogen) atoms. The Bertz CT molecular complexity index is 896. The lowest BCUT2D eigenvalue weighted by Crippen LogP contribution is -2.24. The van der Waals surface area contributed by atoms with Crippen LogP contribution in [0, 0.1) is 6.92 Å². The van der Waals surface area contributed by atoms with E-state index in [0.29, 0.717) is 12.1 Å². The van der Waals surface area contributed by atoms with Crippen molar-refractivity contribution in [2.24, 2.45) is 0 Å². The Kier molecular flexibility index (Phi) is 6.15. The molecule has 1 amide bonds. The number of carbonyl (C=O) groups is 1. The number of hydrogen-bond acceptors (Lipinski definition) is 4. The Labute approximate surface area is 160 Å². The highest BCUT2D eigenvalue weighted by Gasteiger charge is 2.09. The minimum Gasteiger partial charge on any atom is -0.373 e. The first kappa shape index (κ1) is 18.6. The summed E-state index contributed by atoms with van der Waals surface area (Å²) in [5, 5.41) is 2.96. The highest BCUT2D eigenvalue weighted by atomic mass is 16.1. The van der Waals surface area contributed by atoms with Crippen LogP contribution >= 0.6 is 0 Å². The predicted octanol–water partition coefficient (Wildman–Crippen LogP) is 3.39. The maximum Gasteiger partial charge on any atom is 0.253 e. The van der Waals surface area contributed by atoms with Gasteiger partial charge < -0.3 is 10.2 Å². The molecule has 2 aromatic heterocycles. The largest absolute Gasteiger partial charge is 0.373 e. The van der Waals surface area contributed by atoms with Crippen LogP contribution < -0.4 is 10.2 Å². The molecule has 2 heterocycles. The second kappa shape index (κ2) is 8.94. The number of nitrogens with zero attached hydrogens (tertiary/aromatic N) is 3. The van der Waals surface area contributed by atoms with Gasteiger partial charge in [-0.15, -0.1) is 0 Å². The third-order valence-electron chi connectivity index (χ3n) is 4.45. The lowest BCUT2D eigenvalue weighted by atomic mass is 10.1. The normalized spacial score (nSPS) is 10.4. The van der Waals surface area contributed by atoms with Crippen LogP contribution in [-0.2, 0) is 13.0 Å². The number of carbonyl (C=O) groups excluding carboxylic acids is 1. The van der Waals surface area contributed by atoms with E-state index in [-0.39, 0.29) is 5.91 Å². The van der Waals surface area contributed by atoms with Crippen LogP contribution in [0.2, 0.25) is 0 Å². The van der Waals surface area contributed by atoms with Gasteiger partial charge in [0.1, 0.15) is 0 Å². The topological polar surface area (TPSA) is 58.1 Å². The maximum absolute atomic E-state index is 12.5. The van der Waals surface area contributed by atoms with E-state index >= 15 is 0 Å². The summed E-state index contributed by atoms with van der Waals surface area (Å²) < 4.78 is 0. The molecule has 5 heteroatoms. The average molecular weight is 360 g/mol. The molecule has 0 bridgehead atoms. The SMILES string of the molecule is Cc1cccc(CNC(=O)c2cncc(N(C)CCc3ccncc3)c2)c1. The summed E-state index contributed by atoms with van der Waals surface area (Å²) in [6.45, 7) is 3.38. The molecule has 0 unspecified atom stereocenters. The predicted molar refractivity (Wildman–Crippen MR) is 108 cm³/mol. The molecule has 0 aliphatic heterocycles. The Balaban J connectivity index is 1.59. The fraction of sp³-hybridized carbons (Fsp3) is 0.227. The lowest BCUT2D eigenvalue weighted by molar-refractivity contribution is 0.0950. The molecule has 0 atom stereocenters. The zero-order chi connectivity index (χ0) is 19.1. The number of amides is 1. The number of anilines is 1. The van der Waals surface area contributed by atoms with Crippen LogP contribution in [0.25, 0.3) is 0 Å². The first-order chi connectivity index (χ1) is 13.1. The number of benzene rings is 1. The van der Waals surface area contributed by atoms with Crippen LogP contribution in [0.4, 0.5) is 5.69 Å². The van der Waals surface area contributed by atoms with E-state index in [2.05, 4.69) is 26.3 Å². The molecule has 0 aliphatic rings. The molecule has 0 spiro atoms. The van der Waals surface area contributed by atoms with Crippen molar-refractivity contribution in [3.8, 4) is 0 Å². The molecule has 3 rings (SSSR count). The van der Waals surface area contributed by atoms with E-state index in [1.807, 2.05) is 50.4 Å². The van der Waals surface area contributed by atoms with Crippen LogP contribution in [0.1, 0.15) is 27.0 Å². The number of nitrogens with one attached hydrogen (secondary N) is 1. The standard InChI is InChI=1S/C22H24N4O/c1-17-4-3-5-19(12-17)14-25-22(27)20-13-21(16-24-15-20)26(2)11-8-18-6-9-23-10-7-18/h3-7,9-10,12-13,15-16H,8,11,14H2,1-2H3,(H,25,27). The summed E-state index contributed by atoms with van der Waals surface area (Å²) in [6.07, 6.45) is 7.89. The summed E-state index contributed by atoms with van der Waals surface area (Å²) in [4.78, 5) is 22.9. The van der Waals surface area contributed by atoms with Gasteiger partial charge in [-0.2, -0.15) is 0 Å². The van der Waals surface area contributed by atoms with Crippen molar-refractivity contribution >= 4 is 11.6 Å². The lowest BCUT2D eigenvalue weighted by Gasteiger charge is -2.19. The van der Waals surface area contributed by atoms with Gasteiger partial charge in [0, 0.05) is 38.7 Å². The summed E-state index contributed by atoms with van der Waals surface area (Å²) in [5.74, 6) is -0.117. The molecule has 0 fully saturated rings. The number of rotatable bonds is 7. The first-order valence-electron chi connectivity index (χ1n) is 9.00. The van der Waals surface area contributed by atoms with Crippen molar-refractivity contribution in [1.82, 2.24) is 15.3 Å². The quantitative estimate of drug-likeness (QED) is 0.702. The zero-order valence-corrected chi connectivity index (χ0v) is 15.7. The van der Waals surface area contributed by atoms with Crippen LogP contribution in [0.3, 0.4) is 0 Å². The van der Waals surface area contributed by atoms with Gasteiger partial charge in [0.15, 0.2) is 0 Å². The molecule has 0 saturated heterocycles. The molecule has 0 saturated carbocycles. The monoisotopic (exact) mass is 360 g/mol. The van der Waals surface area contributed by atoms with Crippen LogP contribution in [0.15, 0.2) is 67.3 Å². The molecule has 138 valence electrons. The minimum atomic E-state index is -0.117. The van der Waals surface area contributed by atoms with Crippen LogP contribution in [0.5, 0.6) is 0 Å². The number of aromatic nitrogens is 2. The third-order valence-corrected chi connectivity index (χ3v) is 4.45. The van der Waals surface area contributed by atoms with Crippen molar-refractivity contribution in [2.75, 3.05) is 18.5 Å².